The van der Waals surface area contributed by atoms with Crippen molar-refractivity contribution >= 4 is 21.6 Å². The van der Waals surface area contributed by atoms with Crippen molar-refractivity contribution in [1.82, 2.24) is 4.98 Å². The molecular formula is C14H11NOS. The molecule has 0 saturated heterocycles. The van der Waals surface area contributed by atoms with Gasteiger partial charge in [-0.25, -0.2) is 4.98 Å². The SMILES string of the molecule is c1ccc(COc2nc3ccccc3s2)cc1. The quantitative estimate of drug-likeness (QED) is 0.694. The first-order chi connectivity index (χ1) is 8.42. The van der Waals surface area contributed by atoms with Gasteiger partial charge in [-0.3, -0.25) is 0 Å². The van der Waals surface area contributed by atoms with Gasteiger partial charge in [-0.1, -0.05) is 53.8 Å². The van der Waals surface area contributed by atoms with E-state index in [1.165, 1.54) is 0 Å². The fourth-order valence-electron chi connectivity index (χ4n) is 1.63. The summed E-state index contributed by atoms with van der Waals surface area (Å²) in [5, 5.41) is 0.732. The minimum absolute atomic E-state index is 0.570. The van der Waals surface area contributed by atoms with Gasteiger partial charge >= 0.3 is 0 Å². The fraction of sp³-hybridized carbons (Fsp3) is 0.0714. The number of nitrogens with zero attached hydrogens (tertiary/aromatic N) is 1. The molecule has 0 radical (unpaired) electrons. The molecule has 2 nitrogen and oxygen atoms in total. The Hall–Kier alpha value is -1.87. The van der Waals surface area contributed by atoms with Gasteiger partial charge in [0.15, 0.2) is 0 Å². The number of benzene rings is 2. The van der Waals surface area contributed by atoms with Gasteiger partial charge in [-0.15, -0.1) is 0 Å². The maximum Gasteiger partial charge on any atom is 0.274 e. The predicted octanol–water partition coefficient (Wildman–Crippen LogP) is 3.88. The molecule has 0 aliphatic rings. The van der Waals surface area contributed by atoms with Crippen molar-refractivity contribution in [2.45, 2.75) is 6.61 Å². The molecule has 0 aliphatic carbocycles. The minimum Gasteiger partial charge on any atom is -0.465 e. The topological polar surface area (TPSA) is 22.1 Å². The van der Waals surface area contributed by atoms with Crippen molar-refractivity contribution in [3.63, 3.8) is 0 Å². The van der Waals surface area contributed by atoms with Crippen LogP contribution in [-0.2, 0) is 6.61 Å². The molecule has 0 fully saturated rings. The first-order valence-corrected chi connectivity index (χ1v) is 6.26. The van der Waals surface area contributed by atoms with E-state index < -0.39 is 0 Å². The number of hydrogen-bond donors (Lipinski definition) is 0. The molecule has 17 heavy (non-hydrogen) atoms. The van der Waals surface area contributed by atoms with E-state index in [4.69, 9.17) is 4.74 Å². The summed E-state index contributed by atoms with van der Waals surface area (Å²) in [4.78, 5) is 4.42. The Balaban J connectivity index is 1.77. The molecule has 3 heteroatoms. The minimum atomic E-state index is 0.570. The van der Waals surface area contributed by atoms with Crippen LogP contribution in [0.3, 0.4) is 0 Å². The summed E-state index contributed by atoms with van der Waals surface area (Å²) in [6, 6.07) is 18.2. The molecule has 3 rings (SSSR count). The third-order valence-electron chi connectivity index (χ3n) is 2.48. The summed E-state index contributed by atoms with van der Waals surface area (Å²) in [6.45, 7) is 0.570. The molecule has 1 aromatic heterocycles. The van der Waals surface area contributed by atoms with E-state index >= 15 is 0 Å². The Morgan fingerprint density at radius 1 is 0.941 bits per heavy atom. The highest BCUT2D eigenvalue weighted by atomic mass is 32.1. The van der Waals surface area contributed by atoms with Gasteiger partial charge in [-0.05, 0) is 17.7 Å². The van der Waals surface area contributed by atoms with Crippen molar-refractivity contribution in [2.24, 2.45) is 0 Å². The molecular weight excluding hydrogens is 230 g/mol. The van der Waals surface area contributed by atoms with Gasteiger partial charge in [0, 0.05) is 0 Å². The standard InChI is InChI=1S/C14H11NOS/c1-2-6-11(7-3-1)10-16-14-15-12-8-4-5-9-13(12)17-14/h1-9H,10H2. The summed E-state index contributed by atoms with van der Waals surface area (Å²) < 4.78 is 6.85. The molecule has 0 saturated carbocycles. The van der Waals surface area contributed by atoms with E-state index in [9.17, 15) is 0 Å². The second kappa shape index (κ2) is 4.55. The predicted molar refractivity (Wildman–Crippen MR) is 70.4 cm³/mol. The second-order valence-corrected chi connectivity index (χ2v) is 4.71. The van der Waals surface area contributed by atoms with E-state index in [0.717, 1.165) is 21.0 Å². The molecule has 0 bridgehead atoms. The van der Waals surface area contributed by atoms with E-state index in [-0.39, 0.29) is 0 Å². The van der Waals surface area contributed by atoms with Gasteiger partial charge in [0.05, 0.1) is 10.2 Å². The summed E-state index contributed by atoms with van der Waals surface area (Å²) in [5.74, 6) is 0. The lowest BCUT2D eigenvalue weighted by Gasteiger charge is -2.01. The highest BCUT2D eigenvalue weighted by Gasteiger charge is 2.03. The fourth-order valence-corrected chi connectivity index (χ4v) is 2.45. The molecule has 0 spiro atoms. The molecule has 84 valence electrons. The molecule has 2 aromatic carbocycles. The van der Waals surface area contributed by atoms with Gasteiger partial charge in [0.25, 0.3) is 5.19 Å². The maximum atomic E-state index is 5.68. The number of aromatic nitrogens is 1. The van der Waals surface area contributed by atoms with Crippen molar-refractivity contribution in [1.29, 1.82) is 0 Å². The highest BCUT2D eigenvalue weighted by Crippen LogP contribution is 2.27. The lowest BCUT2D eigenvalue weighted by molar-refractivity contribution is 0.305. The van der Waals surface area contributed by atoms with Crippen LogP contribution in [-0.4, -0.2) is 4.98 Å². The zero-order valence-electron chi connectivity index (χ0n) is 9.17. The molecule has 0 N–H and O–H groups in total. The molecule has 3 aromatic rings. The van der Waals surface area contributed by atoms with Crippen LogP contribution < -0.4 is 4.74 Å². The zero-order valence-corrected chi connectivity index (χ0v) is 9.98. The first-order valence-electron chi connectivity index (χ1n) is 5.44. The third-order valence-corrected chi connectivity index (χ3v) is 3.43. The number of hydrogen-bond acceptors (Lipinski definition) is 3. The first kappa shape index (κ1) is 10.3. The van der Waals surface area contributed by atoms with Crippen molar-refractivity contribution in [3.05, 3.63) is 60.2 Å². The zero-order chi connectivity index (χ0) is 11.5. The summed E-state index contributed by atoms with van der Waals surface area (Å²) in [5.41, 5.74) is 2.16. The molecule has 0 amide bonds. The Labute approximate surface area is 104 Å². The number of thiazole rings is 1. The number of rotatable bonds is 3. The van der Waals surface area contributed by atoms with Gasteiger partial charge in [-0.2, -0.15) is 0 Å². The largest absolute Gasteiger partial charge is 0.465 e. The van der Waals surface area contributed by atoms with E-state index in [0.29, 0.717) is 6.61 Å². The van der Waals surface area contributed by atoms with E-state index in [1.807, 2.05) is 48.5 Å². The van der Waals surface area contributed by atoms with E-state index in [1.54, 1.807) is 11.3 Å². The van der Waals surface area contributed by atoms with Gasteiger partial charge in [0.1, 0.15) is 6.61 Å². The summed E-state index contributed by atoms with van der Waals surface area (Å²) in [6.07, 6.45) is 0. The Bertz CT molecular complexity index is 585. The van der Waals surface area contributed by atoms with Gasteiger partial charge in [0.2, 0.25) is 0 Å². The van der Waals surface area contributed by atoms with Crippen LogP contribution in [0.1, 0.15) is 5.56 Å². The molecule has 0 unspecified atom stereocenters. The van der Waals surface area contributed by atoms with E-state index in [2.05, 4.69) is 11.1 Å². The number of para-hydroxylation sites is 1. The molecule has 1 heterocycles. The summed E-state index contributed by atoms with van der Waals surface area (Å²) in [7, 11) is 0. The van der Waals surface area contributed by atoms with Crippen LogP contribution in [0.4, 0.5) is 0 Å². The Morgan fingerprint density at radius 2 is 1.71 bits per heavy atom. The van der Waals surface area contributed by atoms with Crippen LogP contribution in [0.15, 0.2) is 54.6 Å². The monoisotopic (exact) mass is 241 g/mol. The lowest BCUT2D eigenvalue weighted by Crippen LogP contribution is -1.93. The number of ether oxygens (including phenoxy) is 1. The Morgan fingerprint density at radius 3 is 2.53 bits per heavy atom. The third kappa shape index (κ3) is 2.29. The molecule has 0 atom stereocenters. The van der Waals surface area contributed by atoms with Crippen molar-refractivity contribution in [2.75, 3.05) is 0 Å². The lowest BCUT2D eigenvalue weighted by atomic mass is 10.2. The van der Waals surface area contributed by atoms with Crippen LogP contribution in [0.25, 0.3) is 10.2 Å². The smallest absolute Gasteiger partial charge is 0.274 e. The van der Waals surface area contributed by atoms with Crippen LogP contribution in [0, 0.1) is 0 Å². The molecule has 0 aliphatic heterocycles. The average Bonchev–Trinajstić information content (AvgIpc) is 2.80. The van der Waals surface area contributed by atoms with Crippen molar-refractivity contribution < 1.29 is 4.74 Å². The van der Waals surface area contributed by atoms with Crippen LogP contribution >= 0.6 is 11.3 Å². The number of fused-ring (bicyclic) bond motifs is 1. The normalized spacial score (nSPS) is 10.6. The van der Waals surface area contributed by atoms with Crippen LogP contribution in [0.2, 0.25) is 0 Å². The Kier molecular flexibility index (Phi) is 2.76. The average molecular weight is 241 g/mol. The maximum absolute atomic E-state index is 5.68. The summed E-state index contributed by atoms with van der Waals surface area (Å²) >= 11 is 1.58. The highest BCUT2D eigenvalue weighted by molar-refractivity contribution is 7.20. The van der Waals surface area contributed by atoms with Crippen molar-refractivity contribution in [3.8, 4) is 5.19 Å². The van der Waals surface area contributed by atoms with Crippen LogP contribution in [0.5, 0.6) is 5.19 Å². The second-order valence-electron chi connectivity index (χ2n) is 3.72. The van der Waals surface area contributed by atoms with Gasteiger partial charge < -0.3 is 4.74 Å².